The van der Waals surface area contributed by atoms with Crippen LogP contribution in [0.5, 0.6) is 11.6 Å². The molecule has 5 heteroatoms. The Hall–Kier alpha value is -1.65. The first-order chi connectivity index (χ1) is 9.79. The van der Waals surface area contributed by atoms with Gasteiger partial charge in [0.1, 0.15) is 12.1 Å². The van der Waals surface area contributed by atoms with Gasteiger partial charge in [-0.15, -0.1) is 0 Å². The number of hydrogen-bond acceptors (Lipinski definition) is 4. The van der Waals surface area contributed by atoms with E-state index in [2.05, 4.69) is 9.97 Å². The second kappa shape index (κ2) is 5.77. The zero-order valence-electron chi connectivity index (χ0n) is 11.1. The number of halogens is 1. The van der Waals surface area contributed by atoms with Gasteiger partial charge in [-0.2, -0.15) is 0 Å². The maximum Gasteiger partial charge on any atom is 0.225 e. The minimum absolute atomic E-state index is 0.336. The van der Waals surface area contributed by atoms with Crippen molar-refractivity contribution in [3.8, 4) is 11.6 Å². The number of rotatable bonds is 3. The van der Waals surface area contributed by atoms with Crippen LogP contribution < -0.4 is 10.5 Å². The van der Waals surface area contributed by atoms with Gasteiger partial charge in [-0.05, 0) is 37.8 Å². The molecule has 20 heavy (non-hydrogen) atoms. The van der Waals surface area contributed by atoms with E-state index in [-0.39, 0.29) is 0 Å². The molecular formula is C15H16ClN3O. The maximum absolute atomic E-state index is 6.15. The average Bonchev–Trinajstić information content (AvgIpc) is 2.48. The molecule has 0 unspecified atom stereocenters. The van der Waals surface area contributed by atoms with E-state index < -0.39 is 0 Å². The maximum atomic E-state index is 6.15. The lowest BCUT2D eigenvalue weighted by molar-refractivity contribution is 0.442. The second-order valence-corrected chi connectivity index (χ2v) is 5.24. The molecule has 2 aromatic rings. The van der Waals surface area contributed by atoms with Gasteiger partial charge in [-0.1, -0.05) is 17.7 Å². The van der Waals surface area contributed by atoms with E-state index in [0.29, 0.717) is 23.2 Å². The molecule has 1 aromatic heterocycles. The molecule has 0 radical (unpaired) electrons. The molecule has 1 aromatic carbocycles. The summed E-state index contributed by atoms with van der Waals surface area (Å²) in [6.07, 6.45) is 5.84. The number of aryl methyl sites for hydroxylation is 1. The lowest BCUT2D eigenvalue weighted by Crippen LogP contribution is -2.09. The van der Waals surface area contributed by atoms with E-state index in [1.54, 1.807) is 6.33 Å². The van der Waals surface area contributed by atoms with Crippen molar-refractivity contribution in [2.75, 3.05) is 0 Å². The predicted molar refractivity (Wildman–Crippen MR) is 78.1 cm³/mol. The van der Waals surface area contributed by atoms with Gasteiger partial charge < -0.3 is 10.5 Å². The molecule has 0 spiro atoms. The Morgan fingerprint density at radius 3 is 2.90 bits per heavy atom. The number of hydrogen-bond donors (Lipinski definition) is 1. The van der Waals surface area contributed by atoms with Crippen LogP contribution in [0.15, 0.2) is 24.5 Å². The summed E-state index contributed by atoms with van der Waals surface area (Å²) in [6, 6.07) is 5.53. The average molecular weight is 290 g/mol. The van der Waals surface area contributed by atoms with Crippen molar-refractivity contribution in [3.63, 3.8) is 0 Å². The van der Waals surface area contributed by atoms with E-state index in [1.807, 2.05) is 18.2 Å². The fraction of sp³-hybridized carbons (Fsp3) is 0.333. The zero-order chi connectivity index (χ0) is 13.9. The van der Waals surface area contributed by atoms with Gasteiger partial charge in [0.05, 0.1) is 5.69 Å². The highest BCUT2D eigenvalue weighted by molar-refractivity contribution is 6.31. The van der Waals surface area contributed by atoms with Crippen LogP contribution in [0.3, 0.4) is 0 Å². The topological polar surface area (TPSA) is 61.0 Å². The number of nitrogens with zero attached hydrogens (tertiary/aromatic N) is 2. The summed E-state index contributed by atoms with van der Waals surface area (Å²) in [5.41, 5.74) is 8.76. The fourth-order valence-corrected chi connectivity index (χ4v) is 2.76. The summed E-state index contributed by atoms with van der Waals surface area (Å²) < 4.78 is 5.96. The van der Waals surface area contributed by atoms with Crippen LogP contribution in [-0.2, 0) is 19.4 Å². The highest BCUT2D eigenvalue weighted by atomic mass is 35.5. The Labute approximate surface area is 123 Å². The van der Waals surface area contributed by atoms with E-state index in [1.165, 1.54) is 6.42 Å². The summed E-state index contributed by atoms with van der Waals surface area (Å²) in [5, 5.41) is 0.618. The number of benzene rings is 1. The Morgan fingerprint density at radius 1 is 1.20 bits per heavy atom. The van der Waals surface area contributed by atoms with Crippen molar-refractivity contribution in [1.29, 1.82) is 0 Å². The minimum Gasteiger partial charge on any atom is -0.438 e. The van der Waals surface area contributed by atoms with Crippen molar-refractivity contribution in [2.45, 2.75) is 32.2 Å². The molecule has 1 heterocycles. The number of aromatic nitrogens is 2. The van der Waals surface area contributed by atoms with Crippen LogP contribution >= 0.6 is 11.6 Å². The molecule has 1 aliphatic rings. The van der Waals surface area contributed by atoms with E-state index in [9.17, 15) is 0 Å². The van der Waals surface area contributed by atoms with Crippen molar-refractivity contribution in [3.05, 3.63) is 46.4 Å². The third-order valence-electron chi connectivity index (χ3n) is 3.57. The fourth-order valence-electron chi connectivity index (χ4n) is 2.52. The molecule has 1 aliphatic carbocycles. The molecule has 0 saturated carbocycles. The number of nitrogens with two attached hydrogens (primary N) is 1. The van der Waals surface area contributed by atoms with Crippen LogP contribution in [0, 0.1) is 0 Å². The lowest BCUT2D eigenvalue weighted by Gasteiger charge is -2.18. The molecule has 4 nitrogen and oxygen atoms in total. The Morgan fingerprint density at radius 2 is 2.05 bits per heavy atom. The molecule has 0 atom stereocenters. The summed E-state index contributed by atoms with van der Waals surface area (Å²) in [4.78, 5) is 8.61. The van der Waals surface area contributed by atoms with Gasteiger partial charge in [0.15, 0.2) is 0 Å². The van der Waals surface area contributed by atoms with Crippen LogP contribution in [-0.4, -0.2) is 9.97 Å². The quantitative estimate of drug-likeness (QED) is 0.942. The van der Waals surface area contributed by atoms with Crippen LogP contribution in [0.2, 0.25) is 5.02 Å². The van der Waals surface area contributed by atoms with E-state index >= 15 is 0 Å². The minimum atomic E-state index is 0.336. The molecular weight excluding hydrogens is 274 g/mol. The summed E-state index contributed by atoms with van der Waals surface area (Å²) >= 11 is 6.15. The van der Waals surface area contributed by atoms with Crippen molar-refractivity contribution in [1.82, 2.24) is 9.97 Å². The molecule has 3 rings (SSSR count). The molecule has 0 aliphatic heterocycles. The van der Waals surface area contributed by atoms with E-state index in [0.717, 1.165) is 36.1 Å². The molecule has 104 valence electrons. The smallest absolute Gasteiger partial charge is 0.225 e. The van der Waals surface area contributed by atoms with Crippen LogP contribution in [0.4, 0.5) is 0 Å². The normalized spacial score (nSPS) is 13.9. The van der Waals surface area contributed by atoms with Gasteiger partial charge in [-0.3, -0.25) is 0 Å². The number of ether oxygens (including phenoxy) is 1. The summed E-state index contributed by atoms with van der Waals surface area (Å²) in [7, 11) is 0. The van der Waals surface area contributed by atoms with Crippen molar-refractivity contribution in [2.24, 2.45) is 5.73 Å². The molecule has 0 saturated heterocycles. The van der Waals surface area contributed by atoms with Gasteiger partial charge in [0.2, 0.25) is 5.88 Å². The van der Waals surface area contributed by atoms with Gasteiger partial charge in [-0.25, -0.2) is 9.97 Å². The third kappa shape index (κ3) is 2.49. The highest BCUT2D eigenvalue weighted by Crippen LogP contribution is 2.33. The Kier molecular flexibility index (Phi) is 3.85. The van der Waals surface area contributed by atoms with Crippen LogP contribution in [0.25, 0.3) is 0 Å². The summed E-state index contributed by atoms with van der Waals surface area (Å²) in [5.74, 6) is 1.30. The Bertz CT molecular complexity index is 631. The summed E-state index contributed by atoms with van der Waals surface area (Å²) in [6.45, 7) is 0.336. The van der Waals surface area contributed by atoms with Gasteiger partial charge in [0.25, 0.3) is 0 Å². The monoisotopic (exact) mass is 289 g/mol. The third-order valence-corrected chi connectivity index (χ3v) is 3.93. The lowest BCUT2D eigenvalue weighted by atomic mass is 9.97. The molecule has 0 fully saturated rings. The largest absolute Gasteiger partial charge is 0.438 e. The van der Waals surface area contributed by atoms with E-state index in [4.69, 9.17) is 22.1 Å². The number of fused-ring (bicyclic) bond motifs is 1. The van der Waals surface area contributed by atoms with Crippen LogP contribution in [0.1, 0.15) is 29.7 Å². The first kappa shape index (κ1) is 13.3. The van der Waals surface area contributed by atoms with Gasteiger partial charge in [0, 0.05) is 22.7 Å². The Balaban J connectivity index is 1.98. The standard InChI is InChI=1S/C15H16ClN3O/c16-12-5-3-7-14(11(12)8-17)20-15-10-4-1-2-6-13(10)18-9-19-15/h3,5,7,9H,1-2,4,6,8,17H2. The predicted octanol–water partition coefficient (Wildman–Crippen LogP) is 3.26. The zero-order valence-corrected chi connectivity index (χ0v) is 11.9. The molecule has 0 amide bonds. The second-order valence-electron chi connectivity index (χ2n) is 4.83. The van der Waals surface area contributed by atoms with Crippen molar-refractivity contribution >= 4 is 11.6 Å². The highest BCUT2D eigenvalue weighted by Gasteiger charge is 2.18. The molecule has 0 bridgehead atoms. The first-order valence-electron chi connectivity index (χ1n) is 6.77. The van der Waals surface area contributed by atoms with Crippen molar-refractivity contribution < 1.29 is 4.74 Å². The first-order valence-corrected chi connectivity index (χ1v) is 7.15. The SMILES string of the molecule is NCc1c(Cl)cccc1Oc1ncnc2c1CCCC2. The van der Waals surface area contributed by atoms with Gasteiger partial charge >= 0.3 is 0 Å². The molecule has 2 N–H and O–H groups in total.